The monoisotopic (exact) mass is 673 g/mol. The molecule has 3 aliphatic rings. The lowest BCUT2D eigenvalue weighted by Gasteiger charge is -2.32. The quantitative estimate of drug-likeness (QED) is 0.116. The van der Waals surface area contributed by atoms with Crippen LogP contribution in [0.3, 0.4) is 0 Å². The van der Waals surface area contributed by atoms with Crippen molar-refractivity contribution in [2.45, 2.75) is 49.1 Å². The van der Waals surface area contributed by atoms with Gasteiger partial charge in [-0.3, -0.25) is 32.5 Å². The highest BCUT2D eigenvalue weighted by molar-refractivity contribution is 7.47. The highest BCUT2D eigenvalue weighted by Crippen LogP contribution is 2.52. The smallest absolute Gasteiger partial charge is 0.472 e. The molecule has 25 heteroatoms. The average Bonchev–Trinajstić information content (AvgIpc) is 3.72. The Morgan fingerprint density at radius 1 is 0.889 bits per heavy atom. The van der Waals surface area contributed by atoms with Crippen molar-refractivity contribution in [3.05, 3.63) is 29.3 Å². The summed E-state index contributed by atoms with van der Waals surface area (Å²) >= 11 is 0. The zero-order valence-corrected chi connectivity index (χ0v) is 24.2. The van der Waals surface area contributed by atoms with Gasteiger partial charge in [0, 0.05) is 0 Å². The van der Waals surface area contributed by atoms with Crippen molar-refractivity contribution >= 4 is 49.7 Å². The fourth-order valence-electron chi connectivity index (χ4n) is 5.31. The molecule has 3 fully saturated rings. The van der Waals surface area contributed by atoms with Crippen LogP contribution in [0, 0.1) is 0 Å². The van der Waals surface area contributed by atoms with E-state index in [1.54, 1.807) is 0 Å². The van der Waals surface area contributed by atoms with Crippen LogP contribution >= 0.6 is 15.6 Å². The number of anilines is 2. The van der Waals surface area contributed by atoms with Gasteiger partial charge in [0.1, 0.15) is 48.5 Å². The Labute approximate surface area is 248 Å². The molecule has 8 N–H and O–H groups in total. The molecule has 4 aromatic rings. The number of hydrogen-bond donors (Lipinski definition) is 6. The summed E-state index contributed by atoms with van der Waals surface area (Å²) in [7, 11) is -10.4. The van der Waals surface area contributed by atoms with Gasteiger partial charge in [0.05, 0.1) is 25.9 Å². The largest absolute Gasteiger partial charge is 0.756 e. The first-order valence-corrected chi connectivity index (χ1v) is 15.9. The van der Waals surface area contributed by atoms with Crippen LogP contribution in [0.4, 0.5) is 11.8 Å². The first kappa shape index (κ1) is 30.2. The molecule has 7 heterocycles. The molecule has 0 saturated carbocycles. The normalized spacial score (nSPS) is 37.7. The topological polar surface area (TPSA) is 332 Å². The van der Waals surface area contributed by atoms with Crippen molar-refractivity contribution in [1.29, 1.82) is 0 Å². The van der Waals surface area contributed by atoms with E-state index in [2.05, 4.69) is 29.9 Å². The number of nitrogen functional groups attached to an aromatic ring is 2. The maximum atomic E-state index is 13.1. The number of rotatable bonds is 2. The van der Waals surface area contributed by atoms with Crippen molar-refractivity contribution in [1.82, 2.24) is 39.0 Å². The number of nitrogens with two attached hydrogens (primary N) is 2. The molecule has 242 valence electrons. The number of ether oxygens (including phenoxy) is 2. The predicted molar refractivity (Wildman–Crippen MR) is 141 cm³/mol. The fraction of sp³-hybridized carbons (Fsp3) is 0.500. The lowest BCUT2D eigenvalue weighted by Crippen LogP contribution is -2.40. The van der Waals surface area contributed by atoms with Crippen LogP contribution in [-0.4, -0.2) is 104 Å². The minimum Gasteiger partial charge on any atom is -0.756 e. The second-order valence-corrected chi connectivity index (χ2v) is 12.9. The van der Waals surface area contributed by atoms with Crippen LogP contribution in [0.5, 0.6) is 0 Å². The highest BCUT2D eigenvalue weighted by atomic mass is 31.2. The molecule has 0 aromatic carbocycles. The van der Waals surface area contributed by atoms with Crippen LogP contribution < -0.4 is 21.9 Å². The Kier molecular flexibility index (Phi) is 7.27. The fourth-order valence-corrected chi connectivity index (χ4v) is 7.22. The molecule has 7 rings (SSSR count). The van der Waals surface area contributed by atoms with Crippen molar-refractivity contribution in [2.75, 3.05) is 24.7 Å². The van der Waals surface area contributed by atoms with Gasteiger partial charge >= 0.3 is 7.82 Å². The summed E-state index contributed by atoms with van der Waals surface area (Å²) in [6.45, 7) is -1.74. The van der Waals surface area contributed by atoms with Gasteiger partial charge in [0.2, 0.25) is 5.95 Å². The zero-order valence-electron chi connectivity index (χ0n) is 22.4. The van der Waals surface area contributed by atoms with Crippen LogP contribution in [0.25, 0.3) is 22.3 Å². The van der Waals surface area contributed by atoms with Crippen molar-refractivity contribution < 1.29 is 56.7 Å². The van der Waals surface area contributed by atoms with Crippen LogP contribution in [0.15, 0.2) is 23.8 Å². The molecule has 0 spiro atoms. The number of aliphatic hydroxyl groups excluding tert-OH is 2. The minimum absolute atomic E-state index is 0.0301. The first-order chi connectivity index (χ1) is 21.3. The number of aromatic amines is 1. The lowest BCUT2D eigenvalue weighted by molar-refractivity contribution is -0.236. The third-order valence-electron chi connectivity index (χ3n) is 7.31. The van der Waals surface area contributed by atoms with Crippen molar-refractivity contribution in [2.24, 2.45) is 0 Å². The van der Waals surface area contributed by atoms with Crippen LogP contribution in [0.1, 0.15) is 12.5 Å². The Balaban J connectivity index is 1.17. The maximum absolute atomic E-state index is 13.1. The Morgan fingerprint density at radius 3 is 2.18 bits per heavy atom. The molecule has 0 aliphatic carbocycles. The van der Waals surface area contributed by atoms with E-state index in [4.69, 9.17) is 39.0 Å². The number of phosphoric ester groups is 2. The summed E-state index contributed by atoms with van der Waals surface area (Å²) in [5, 5.41) is 22.2. The van der Waals surface area contributed by atoms with Gasteiger partial charge in [-0.25, -0.2) is 24.5 Å². The van der Waals surface area contributed by atoms with Crippen LogP contribution in [0.2, 0.25) is 0 Å². The Morgan fingerprint density at radius 2 is 1.49 bits per heavy atom. The zero-order chi connectivity index (χ0) is 31.8. The summed E-state index contributed by atoms with van der Waals surface area (Å²) in [5.74, 6) is -0.248. The number of nitrogens with one attached hydrogen (secondary N) is 1. The van der Waals surface area contributed by atoms with Gasteiger partial charge < -0.3 is 50.0 Å². The summed E-state index contributed by atoms with van der Waals surface area (Å²) in [6.07, 6.45) is -9.42. The third-order valence-corrected chi connectivity index (χ3v) is 9.26. The molecule has 3 saturated heterocycles. The SMILES string of the molecule is Nc1nc2c(ncn2[C@@H]2O[C@@H]3COP(=O)(O)O[C@H]4[C@@H](O)[C@H](n5cnc6c(N)ncnc65)O[C@@H]4COP(=O)([O-])O[C@H]3[C@H]2O)c(=O)[nH]1. The molecule has 45 heavy (non-hydrogen) atoms. The number of nitrogens with zero attached hydrogens (tertiary/aromatic N) is 7. The molecule has 0 amide bonds. The number of fused-ring (bicyclic) bond motifs is 4. The second kappa shape index (κ2) is 10.8. The average molecular weight is 673 g/mol. The highest BCUT2D eigenvalue weighted by Gasteiger charge is 2.53. The summed E-state index contributed by atoms with van der Waals surface area (Å²) in [5.41, 5.74) is 10.8. The summed E-state index contributed by atoms with van der Waals surface area (Å²) in [6, 6.07) is 0. The van der Waals surface area contributed by atoms with E-state index >= 15 is 0 Å². The molecular weight excluding hydrogens is 650 g/mol. The van der Waals surface area contributed by atoms with Gasteiger partial charge in [-0.15, -0.1) is 0 Å². The van der Waals surface area contributed by atoms with E-state index < -0.39 is 83.5 Å². The number of phosphoric acid groups is 2. The van der Waals surface area contributed by atoms with Gasteiger partial charge in [-0.1, -0.05) is 0 Å². The minimum atomic E-state index is -5.31. The van der Waals surface area contributed by atoms with Crippen LogP contribution in [-0.2, 0) is 36.7 Å². The van der Waals surface area contributed by atoms with E-state index in [0.29, 0.717) is 0 Å². The number of aromatic nitrogens is 8. The number of aliphatic hydroxyl groups is 2. The molecule has 2 unspecified atom stereocenters. The summed E-state index contributed by atoms with van der Waals surface area (Å²) < 4.78 is 60.4. The number of hydrogen-bond acceptors (Lipinski definition) is 19. The molecule has 23 nitrogen and oxygen atoms in total. The van der Waals surface area contributed by atoms with Crippen molar-refractivity contribution in [3.63, 3.8) is 0 Å². The number of imidazole rings is 2. The second-order valence-electron chi connectivity index (χ2n) is 10.1. The molecule has 10 atom stereocenters. The first-order valence-electron chi connectivity index (χ1n) is 12.9. The van der Waals surface area contributed by atoms with E-state index in [9.17, 15) is 33.9 Å². The Bertz CT molecular complexity index is 1940. The van der Waals surface area contributed by atoms with Gasteiger partial charge in [0.25, 0.3) is 13.4 Å². The van der Waals surface area contributed by atoms with Crippen molar-refractivity contribution in [3.8, 4) is 0 Å². The van der Waals surface area contributed by atoms with E-state index in [0.717, 1.165) is 17.2 Å². The Hall–Kier alpha value is -3.44. The predicted octanol–water partition coefficient (Wildman–Crippen LogP) is -2.97. The maximum Gasteiger partial charge on any atom is 0.472 e. The molecule has 0 bridgehead atoms. The molecular formula is C20H23N10O13P2-. The van der Waals surface area contributed by atoms with E-state index in [1.807, 2.05) is 0 Å². The lowest BCUT2D eigenvalue weighted by atomic mass is 10.1. The van der Waals surface area contributed by atoms with Gasteiger partial charge in [-0.05, 0) is 0 Å². The van der Waals surface area contributed by atoms with E-state index in [-0.39, 0.29) is 34.1 Å². The number of H-pyrrole nitrogens is 1. The van der Waals surface area contributed by atoms with Gasteiger partial charge in [0.15, 0.2) is 35.1 Å². The molecule has 0 radical (unpaired) electrons. The molecule has 4 aromatic heterocycles. The van der Waals surface area contributed by atoms with Gasteiger partial charge in [-0.2, -0.15) is 4.98 Å². The molecule has 3 aliphatic heterocycles. The summed E-state index contributed by atoms with van der Waals surface area (Å²) in [4.78, 5) is 57.9. The third kappa shape index (κ3) is 5.31. The standard InChI is InChI=1S/C20H24N10O13P2/c21-14-8-15(24-3-23-14)29(4-25-8)18-10(31)12-6(40-18)1-38-45(36,37)43-13-7(2-39-44(34,35)42-12)41-19(11(13)32)30-5-26-9-16(30)27-20(22)28-17(9)33/h3-7,10-13,18-19,31-32H,1-2H2,(H,34,35)(H,36,37)(H2,21,23,24)(H3,22,27,28,33)/p-1/t6-,7-,10-,11-,12-,13-,18-,19-/m1/s1. The van der Waals surface area contributed by atoms with E-state index in [1.165, 1.54) is 10.9 Å².